The first-order valence-corrected chi connectivity index (χ1v) is 10.9. The van der Waals surface area contributed by atoms with Crippen LogP contribution in [0.3, 0.4) is 0 Å². The Morgan fingerprint density at radius 1 is 1.16 bits per heavy atom. The molecule has 1 amide bonds. The van der Waals surface area contributed by atoms with Crippen molar-refractivity contribution in [2.24, 2.45) is 5.92 Å². The van der Waals surface area contributed by atoms with Crippen LogP contribution in [0.5, 0.6) is 0 Å². The molecule has 0 aromatic carbocycles. The van der Waals surface area contributed by atoms with E-state index in [2.05, 4.69) is 5.32 Å². The average Bonchev–Trinajstić information content (AvgIpc) is 2.61. The van der Waals surface area contributed by atoms with Crippen LogP contribution in [0.4, 0.5) is 0 Å². The molecule has 0 aromatic rings. The zero-order valence-corrected chi connectivity index (χ0v) is 15.8. The molecule has 8 heteroatoms. The zero-order valence-electron chi connectivity index (χ0n) is 15.0. The number of sulfonamides is 1. The lowest BCUT2D eigenvalue weighted by molar-refractivity contribution is -0.150. The Balaban J connectivity index is 1.91. The van der Waals surface area contributed by atoms with Gasteiger partial charge in [0.15, 0.2) is 0 Å². The third-order valence-electron chi connectivity index (χ3n) is 5.45. The highest BCUT2D eigenvalue weighted by atomic mass is 32.2. The summed E-state index contributed by atoms with van der Waals surface area (Å²) in [6, 6.07) is 0. The molecule has 144 valence electrons. The zero-order chi connectivity index (χ0) is 18.5. The number of nitrogens with zero attached hydrogens (tertiary/aromatic N) is 1. The number of unbranched alkanes of at least 4 members (excludes halogenated alkanes) is 1. The highest BCUT2D eigenvalue weighted by Gasteiger charge is 2.42. The standard InChI is InChI=1S/C17H30N2O5S/c1-2-3-13-25(23,24)19-11-7-14(8-12-19)15(20)18-17(16(21)22)9-5-4-6-10-17/h14H,2-13H2,1H3,(H,18,20)(H,21,22). The van der Waals surface area contributed by atoms with Crippen molar-refractivity contribution in [3.05, 3.63) is 0 Å². The van der Waals surface area contributed by atoms with Gasteiger partial charge < -0.3 is 10.4 Å². The predicted octanol–water partition coefficient (Wildman–Crippen LogP) is 1.73. The molecule has 2 aliphatic rings. The largest absolute Gasteiger partial charge is 0.480 e. The second kappa shape index (κ2) is 8.49. The summed E-state index contributed by atoms with van der Waals surface area (Å²) in [5, 5.41) is 12.3. The van der Waals surface area contributed by atoms with Crippen LogP contribution in [0, 0.1) is 5.92 Å². The molecule has 1 saturated carbocycles. The van der Waals surface area contributed by atoms with Crippen molar-refractivity contribution in [3.8, 4) is 0 Å². The number of carboxylic acids is 1. The first-order valence-electron chi connectivity index (χ1n) is 9.34. The van der Waals surface area contributed by atoms with E-state index in [1.807, 2.05) is 6.92 Å². The minimum Gasteiger partial charge on any atom is -0.480 e. The van der Waals surface area contributed by atoms with Gasteiger partial charge in [-0.25, -0.2) is 17.5 Å². The molecule has 25 heavy (non-hydrogen) atoms. The van der Waals surface area contributed by atoms with Gasteiger partial charge in [-0.05, 0) is 32.1 Å². The molecule has 0 aromatic heterocycles. The van der Waals surface area contributed by atoms with E-state index in [4.69, 9.17) is 0 Å². The number of piperidine rings is 1. The molecule has 0 spiro atoms. The van der Waals surface area contributed by atoms with Crippen molar-refractivity contribution >= 4 is 21.9 Å². The fourth-order valence-corrected chi connectivity index (χ4v) is 5.42. The van der Waals surface area contributed by atoms with Crippen molar-refractivity contribution in [2.45, 2.75) is 70.3 Å². The van der Waals surface area contributed by atoms with Gasteiger partial charge in [-0.1, -0.05) is 32.6 Å². The number of hydrogen-bond acceptors (Lipinski definition) is 4. The molecule has 7 nitrogen and oxygen atoms in total. The summed E-state index contributed by atoms with van der Waals surface area (Å²) < 4.78 is 25.9. The number of amides is 1. The van der Waals surface area contributed by atoms with E-state index in [0.29, 0.717) is 45.2 Å². The van der Waals surface area contributed by atoms with Crippen LogP contribution < -0.4 is 5.32 Å². The first kappa shape index (κ1) is 20.2. The molecule has 1 saturated heterocycles. The number of hydrogen-bond donors (Lipinski definition) is 2. The molecule has 1 aliphatic heterocycles. The summed E-state index contributed by atoms with van der Waals surface area (Å²) >= 11 is 0. The van der Waals surface area contributed by atoms with Gasteiger partial charge in [-0.15, -0.1) is 0 Å². The van der Waals surface area contributed by atoms with Crippen LogP contribution in [-0.2, 0) is 19.6 Å². The van der Waals surface area contributed by atoms with E-state index in [-0.39, 0.29) is 17.6 Å². The number of carbonyl (C=O) groups excluding carboxylic acids is 1. The Kier molecular flexibility index (Phi) is 6.85. The lowest BCUT2D eigenvalue weighted by atomic mass is 9.81. The van der Waals surface area contributed by atoms with Crippen molar-refractivity contribution in [1.29, 1.82) is 0 Å². The third-order valence-corrected chi connectivity index (χ3v) is 7.41. The Hall–Kier alpha value is -1.15. The number of carbonyl (C=O) groups is 2. The summed E-state index contributed by atoms with van der Waals surface area (Å²) in [5.74, 6) is -1.35. The lowest BCUT2D eigenvalue weighted by Crippen LogP contribution is -2.57. The van der Waals surface area contributed by atoms with Crippen LogP contribution in [0.25, 0.3) is 0 Å². The molecule has 2 rings (SSSR count). The molecule has 0 radical (unpaired) electrons. The molecular formula is C17H30N2O5S. The molecule has 0 bridgehead atoms. The number of rotatable bonds is 7. The Labute approximate surface area is 150 Å². The van der Waals surface area contributed by atoms with Gasteiger partial charge in [0, 0.05) is 19.0 Å². The smallest absolute Gasteiger partial charge is 0.329 e. The molecule has 0 unspecified atom stereocenters. The van der Waals surface area contributed by atoms with Crippen molar-refractivity contribution in [1.82, 2.24) is 9.62 Å². The Morgan fingerprint density at radius 3 is 2.28 bits per heavy atom. The van der Waals surface area contributed by atoms with E-state index in [1.54, 1.807) is 0 Å². The van der Waals surface area contributed by atoms with Crippen LogP contribution in [0.15, 0.2) is 0 Å². The fourth-order valence-electron chi connectivity index (χ4n) is 3.74. The minimum atomic E-state index is -3.24. The highest BCUT2D eigenvalue weighted by molar-refractivity contribution is 7.89. The van der Waals surface area contributed by atoms with Crippen molar-refractivity contribution in [3.63, 3.8) is 0 Å². The van der Waals surface area contributed by atoms with Gasteiger partial charge in [-0.3, -0.25) is 4.79 Å². The van der Waals surface area contributed by atoms with Crippen LogP contribution in [-0.4, -0.2) is 54.1 Å². The van der Waals surface area contributed by atoms with Crippen LogP contribution in [0.2, 0.25) is 0 Å². The van der Waals surface area contributed by atoms with Crippen LogP contribution in [0.1, 0.15) is 64.7 Å². The molecule has 2 N–H and O–H groups in total. The number of aliphatic carboxylic acids is 1. The van der Waals surface area contributed by atoms with Gasteiger partial charge in [0.25, 0.3) is 0 Å². The van der Waals surface area contributed by atoms with E-state index in [9.17, 15) is 23.1 Å². The van der Waals surface area contributed by atoms with Gasteiger partial charge in [0.1, 0.15) is 5.54 Å². The molecule has 1 heterocycles. The van der Waals surface area contributed by atoms with Gasteiger partial charge in [0.05, 0.1) is 5.75 Å². The lowest BCUT2D eigenvalue weighted by Gasteiger charge is -2.37. The molecule has 1 aliphatic carbocycles. The Bertz CT molecular complexity index is 576. The summed E-state index contributed by atoms with van der Waals surface area (Å²) in [6.07, 6.45) is 5.93. The maximum absolute atomic E-state index is 12.6. The number of nitrogens with one attached hydrogen (secondary N) is 1. The van der Waals surface area contributed by atoms with Gasteiger partial charge in [-0.2, -0.15) is 0 Å². The van der Waals surface area contributed by atoms with E-state index < -0.39 is 21.5 Å². The molecular weight excluding hydrogens is 344 g/mol. The summed E-state index contributed by atoms with van der Waals surface area (Å²) in [7, 11) is -3.24. The fraction of sp³-hybridized carbons (Fsp3) is 0.882. The molecule has 0 atom stereocenters. The van der Waals surface area contributed by atoms with E-state index >= 15 is 0 Å². The quantitative estimate of drug-likeness (QED) is 0.706. The topological polar surface area (TPSA) is 104 Å². The second-order valence-electron chi connectivity index (χ2n) is 7.28. The van der Waals surface area contributed by atoms with Gasteiger partial charge in [0.2, 0.25) is 15.9 Å². The van der Waals surface area contributed by atoms with E-state index in [1.165, 1.54) is 4.31 Å². The predicted molar refractivity (Wildman–Crippen MR) is 94.6 cm³/mol. The second-order valence-corrected chi connectivity index (χ2v) is 9.37. The maximum atomic E-state index is 12.6. The molecule has 2 fully saturated rings. The monoisotopic (exact) mass is 374 g/mol. The minimum absolute atomic E-state index is 0.155. The van der Waals surface area contributed by atoms with Crippen molar-refractivity contribution in [2.75, 3.05) is 18.8 Å². The van der Waals surface area contributed by atoms with Crippen molar-refractivity contribution < 1.29 is 23.1 Å². The summed E-state index contributed by atoms with van der Waals surface area (Å²) in [6.45, 7) is 2.63. The van der Waals surface area contributed by atoms with E-state index in [0.717, 1.165) is 25.7 Å². The third kappa shape index (κ3) is 4.94. The maximum Gasteiger partial charge on any atom is 0.329 e. The average molecular weight is 375 g/mol. The summed E-state index contributed by atoms with van der Waals surface area (Å²) in [5.41, 5.74) is -1.14. The van der Waals surface area contributed by atoms with Gasteiger partial charge >= 0.3 is 5.97 Å². The summed E-state index contributed by atoms with van der Waals surface area (Å²) in [4.78, 5) is 24.2. The normalized spacial score (nSPS) is 22.4. The Morgan fingerprint density at radius 2 is 1.76 bits per heavy atom. The van der Waals surface area contributed by atoms with Crippen LogP contribution >= 0.6 is 0 Å². The number of carboxylic acid groups (broad SMARTS) is 1. The highest BCUT2D eigenvalue weighted by Crippen LogP contribution is 2.30. The first-order chi connectivity index (χ1) is 11.8. The SMILES string of the molecule is CCCCS(=O)(=O)N1CCC(C(=O)NC2(C(=O)O)CCCCC2)CC1.